The Morgan fingerprint density at radius 2 is 2.08 bits per heavy atom. The Labute approximate surface area is 79.4 Å². The maximum Gasteiger partial charge on any atom is 0.219 e. The number of nitrogens with one attached hydrogen (secondary N) is 2. The van der Waals surface area contributed by atoms with Crippen molar-refractivity contribution in [3.8, 4) is 0 Å². The smallest absolute Gasteiger partial charge is 0.219 e. The summed E-state index contributed by atoms with van der Waals surface area (Å²) in [6.07, 6.45) is 4.15. The van der Waals surface area contributed by atoms with Crippen molar-refractivity contribution in [2.24, 2.45) is 5.73 Å². The van der Waals surface area contributed by atoms with Crippen molar-refractivity contribution in [1.29, 1.82) is 5.41 Å². The number of carbonyl (C=O) groups is 1. The third-order valence-electron chi connectivity index (χ3n) is 1.77. The molecular weight excluding hydrogens is 166 g/mol. The highest BCUT2D eigenvalue weighted by Gasteiger charge is 1.95. The van der Waals surface area contributed by atoms with E-state index in [1.165, 1.54) is 0 Å². The minimum absolute atomic E-state index is 0.103. The summed E-state index contributed by atoms with van der Waals surface area (Å²) in [6.45, 7) is 2.58. The van der Waals surface area contributed by atoms with Crippen molar-refractivity contribution in [2.45, 2.75) is 39.0 Å². The van der Waals surface area contributed by atoms with Gasteiger partial charge in [-0.15, -0.1) is 0 Å². The van der Waals surface area contributed by atoms with Crippen LogP contribution in [0, 0.1) is 5.41 Å². The molecule has 0 rings (SSSR count). The number of rotatable bonds is 7. The number of amides is 1. The topological polar surface area (TPSA) is 79.0 Å². The average Bonchev–Trinajstić information content (AvgIpc) is 2.10. The number of nitrogens with two attached hydrogens (primary N) is 1. The lowest BCUT2D eigenvalue weighted by molar-refractivity contribution is -0.120. The van der Waals surface area contributed by atoms with Gasteiger partial charge in [0.1, 0.15) is 0 Å². The van der Waals surface area contributed by atoms with Gasteiger partial charge < -0.3 is 11.1 Å². The molecule has 0 saturated heterocycles. The van der Waals surface area contributed by atoms with Gasteiger partial charge in [0.25, 0.3) is 0 Å². The van der Waals surface area contributed by atoms with Gasteiger partial charge in [-0.05, 0) is 12.8 Å². The Morgan fingerprint density at radius 1 is 1.38 bits per heavy atom. The van der Waals surface area contributed by atoms with Gasteiger partial charge in [0.05, 0.1) is 5.84 Å². The van der Waals surface area contributed by atoms with Crippen LogP contribution in [0.1, 0.15) is 39.0 Å². The molecule has 0 aliphatic rings. The van der Waals surface area contributed by atoms with Crippen molar-refractivity contribution in [3.05, 3.63) is 0 Å². The second kappa shape index (κ2) is 7.58. The maximum absolute atomic E-state index is 10.8. The van der Waals surface area contributed by atoms with Gasteiger partial charge in [0, 0.05) is 19.4 Å². The van der Waals surface area contributed by atoms with Crippen LogP contribution in [0.5, 0.6) is 0 Å². The zero-order valence-electron chi connectivity index (χ0n) is 8.23. The number of hydrogen-bond acceptors (Lipinski definition) is 2. The third kappa shape index (κ3) is 8.85. The van der Waals surface area contributed by atoms with Crippen LogP contribution in [-0.4, -0.2) is 18.3 Å². The molecule has 0 fully saturated rings. The molecule has 4 heteroatoms. The zero-order valence-corrected chi connectivity index (χ0v) is 8.23. The van der Waals surface area contributed by atoms with E-state index in [0.29, 0.717) is 12.8 Å². The zero-order chi connectivity index (χ0) is 10.1. The highest BCUT2D eigenvalue weighted by molar-refractivity contribution is 5.76. The van der Waals surface area contributed by atoms with E-state index in [1.54, 1.807) is 0 Å². The second-order valence-corrected chi connectivity index (χ2v) is 3.04. The fraction of sp³-hybridized carbons (Fsp3) is 0.778. The van der Waals surface area contributed by atoms with Crippen LogP contribution in [0.2, 0.25) is 0 Å². The van der Waals surface area contributed by atoms with E-state index in [2.05, 4.69) is 5.32 Å². The first-order valence-electron chi connectivity index (χ1n) is 4.76. The Morgan fingerprint density at radius 3 is 2.62 bits per heavy atom. The predicted octanol–water partition coefficient (Wildman–Crippen LogP) is 1.01. The lowest BCUT2D eigenvalue weighted by Crippen LogP contribution is -2.23. The minimum Gasteiger partial charge on any atom is -0.388 e. The summed E-state index contributed by atoms with van der Waals surface area (Å²) in [6, 6.07) is 0. The van der Waals surface area contributed by atoms with Crippen molar-refractivity contribution in [3.63, 3.8) is 0 Å². The highest BCUT2D eigenvalue weighted by atomic mass is 16.1. The van der Waals surface area contributed by atoms with Gasteiger partial charge >= 0.3 is 0 Å². The molecule has 0 aromatic carbocycles. The molecule has 0 spiro atoms. The lowest BCUT2D eigenvalue weighted by Gasteiger charge is -2.02. The second-order valence-electron chi connectivity index (χ2n) is 3.04. The largest absolute Gasteiger partial charge is 0.388 e. The van der Waals surface area contributed by atoms with E-state index in [4.69, 9.17) is 11.1 Å². The summed E-state index contributed by atoms with van der Waals surface area (Å²) in [4.78, 5) is 10.8. The molecule has 1 amide bonds. The first kappa shape index (κ1) is 11.9. The van der Waals surface area contributed by atoms with Crippen LogP contribution < -0.4 is 11.1 Å². The molecule has 0 bridgehead atoms. The van der Waals surface area contributed by atoms with Crippen LogP contribution in [0.25, 0.3) is 0 Å². The molecule has 76 valence electrons. The van der Waals surface area contributed by atoms with Gasteiger partial charge in [0.15, 0.2) is 0 Å². The van der Waals surface area contributed by atoms with E-state index in [-0.39, 0.29) is 11.7 Å². The first-order valence-corrected chi connectivity index (χ1v) is 4.76. The Hall–Kier alpha value is -1.06. The fourth-order valence-electron chi connectivity index (χ4n) is 0.970. The Kier molecular flexibility index (Phi) is 6.96. The molecular formula is C9H19N3O. The summed E-state index contributed by atoms with van der Waals surface area (Å²) < 4.78 is 0. The van der Waals surface area contributed by atoms with Crippen LogP contribution >= 0.6 is 0 Å². The fourth-order valence-corrected chi connectivity index (χ4v) is 0.970. The van der Waals surface area contributed by atoms with Crippen LogP contribution in [-0.2, 0) is 4.79 Å². The summed E-state index contributed by atoms with van der Waals surface area (Å²) >= 11 is 0. The van der Waals surface area contributed by atoms with E-state index < -0.39 is 0 Å². The molecule has 0 heterocycles. The molecule has 0 aliphatic heterocycles. The molecule has 4 N–H and O–H groups in total. The Bertz CT molecular complexity index is 168. The number of amidine groups is 1. The molecule has 0 unspecified atom stereocenters. The average molecular weight is 185 g/mol. The van der Waals surface area contributed by atoms with Gasteiger partial charge in [-0.25, -0.2) is 0 Å². The summed E-state index contributed by atoms with van der Waals surface area (Å²) in [7, 11) is 0. The summed E-state index contributed by atoms with van der Waals surface area (Å²) in [5, 5.41) is 9.78. The van der Waals surface area contributed by atoms with Crippen LogP contribution in [0.4, 0.5) is 0 Å². The summed E-state index contributed by atoms with van der Waals surface area (Å²) in [5.74, 6) is 0.351. The quantitative estimate of drug-likeness (QED) is 0.314. The molecule has 4 nitrogen and oxygen atoms in total. The highest BCUT2D eigenvalue weighted by Crippen LogP contribution is 1.97. The molecule has 0 radical (unpaired) electrons. The Balaban J connectivity index is 3.08. The van der Waals surface area contributed by atoms with Gasteiger partial charge in [-0.2, -0.15) is 0 Å². The molecule has 0 saturated carbocycles. The van der Waals surface area contributed by atoms with E-state index in [9.17, 15) is 4.79 Å². The van der Waals surface area contributed by atoms with Crippen molar-refractivity contribution in [2.75, 3.05) is 6.54 Å². The third-order valence-corrected chi connectivity index (χ3v) is 1.77. The number of carbonyl (C=O) groups excluding carboxylic acids is 1. The normalized spacial score (nSPS) is 9.62. The molecule has 0 atom stereocenters. The van der Waals surface area contributed by atoms with Crippen molar-refractivity contribution in [1.82, 2.24) is 5.32 Å². The number of unbranched alkanes of at least 4 members (excludes halogenated alkanes) is 2. The molecule has 13 heavy (non-hydrogen) atoms. The lowest BCUT2D eigenvalue weighted by atomic mass is 10.2. The predicted molar refractivity (Wildman–Crippen MR) is 53.7 cm³/mol. The molecule has 0 aromatic heterocycles. The van der Waals surface area contributed by atoms with Crippen LogP contribution in [0.15, 0.2) is 0 Å². The minimum atomic E-state index is 0.103. The monoisotopic (exact) mass is 185 g/mol. The van der Waals surface area contributed by atoms with Gasteiger partial charge in [-0.3, -0.25) is 10.2 Å². The van der Waals surface area contributed by atoms with E-state index in [0.717, 1.165) is 25.8 Å². The van der Waals surface area contributed by atoms with Crippen LogP contribution in [0.3, 0.4) is 0 Å². The van der Waals surface area contributed by atoms with E-state index in [1.807, 2.05) is 6.92 Å². The van der Waals surface area contributed by atoms with E-state index >= 15 is 0 Å². The SMILES string of the molecule is CCC(=O)NCCCCCC(=N)N. The van der Waals surface area contributed by atoms with Crippen molar-refractivity contribution >= 4 is 11.7 Å². The number of hydrogen-bond donors (Lipinski definition) is 3. The standard InChI is InChI=1S/C9H19N3O/c1-2-9(13)12-7-5-3-4-6-8(10)11/h2-7H2,1H3,(H3,10,11)(H,12,13). The van der Waals surface area contributed by atoms with Gasteiger partial charge in [-0.1, -0.05) is 13.3 Å². The first-order chi connectivity index (χ1) is 6.16. The summed E-state index contributed by atoms with van der Waals surface area (Å²) in [5.41, 5.74) is 5.19. The van der Waals surface area contributed by atoms with Crippen molar-refractivity contribution < 1.29 is 4.79 Å². The maximum atomic E-state index is 10.8. The molecule has 0 aromatic rings. The molecule has 0 aliphatic carbocycles. The van der Waals surface area contributed by atoms with Gasteiger partial charge in [0.2, 0.25) is 5.91 Å².